The van der Waals surface area contributed by atoms with Crippen LogP contribution in [0.1, 0.15) is 62.3 Å². The summed E-state index contributed by atoms with van der Waals surface area (Å²) in [5, 5.41) is 8.08. The maximum atomic E-state index is 6.23. The molecular formula is C23H32N6O. The predicted molar refractivity (Wildman–Crippen MR) is 119 cm³/mol. The van der Waals surface area contributed by atoms with Gasteiger partial charge in [-0.15, -0.1) is 0 Å². The quantitative estimate of drug-likeness (QED) is 0.659. The molecule has 1 aliphatic heterocycles. The van der Waals surface area contributed by atoms with Crippen molar-refractivity contribution in [2.75, 3.05) is 25.5 Å². The number of hydrogen-bond donors (Lipinski definition) is 1. The summed E-state index contributed by atoms with van der Waals surface area (Å²) in [7, 11) is 2.15. The molecule has 2 aromatic heterocycles. The first-order valence-electron chi connectivity index (χ1n) is 10.8. The van der Waals surface area contributed by atoms with Crippen LogP contribution in [-0.2, 0) is 0 Å². The molecule has 0 saturated carbocycles. The molecule has 1 fully saturated rings. The van der Waals surface area contributed by atoms with Crippen LogP contribution >= 0.6 is 0 Å². The molecule has 4 rings (SSSR count). The van der Waals surface area contributed by atoms with Crippen molar-refractivity contribution >= 4 is 11.6 Å². The molecule has 0 spiro atoms. The van der Waals surface area contributed by atoms with Crippen LogP contribution < -0.4 is 10.1 Å². The molecule has 7 heteroatoms. The lowest BCUT2D eigenvalue weighted by molar-refractivity contribution is 0.105. The van der Waals surface area contributed by atoms with Gasteiger partial charge in [-0.3, -0.25) is 0 Å². The van der Waals surface area contributed by atoms with Crippen molar-refractivity contribution in [3.63, 3.8) is 0 Å². The topological polar surface area (TPSA) is 67.6 Å². The predicted octanol–water partition coefficient (Wildman–Crippen LogP) is 4.20. The highest BCUT2D eigenvalue weighted by Gasteiger charge is 2.22. The van der Waals surface area contributed by atoms with Gasteiger partial charge in [-0.05, 0) is 45.2 Å². The minimum atomic E-state index is 0.0755. The molecule has 1 aromatic carbocycles. The van der Waals surface area contributed by atoms with Gasteiger partial charge in [-0.1, -0.05) is 43.7 Å². The van der Waals surface area contributed by atoms with Crippen molar-refractivity contribution in [2.45, 2.75) is 58.6 Å². The third kappa shape index (κ3) is 4.41. The molecule has 0 aliphatic carbocycles. The molecule has 0 unspecified atom stereocenters. The Morgan fingerprint density at radius 2 is 1.77 bits per heavy atom. The van der Waals surface area contributed by atoms with Gasteiger partial charge in [0.2, 0.25) is 5.95 Å². The van der Waals surface area contributed by atoms with Crippen molar-refractivity contribution < 1.29 is 4.74 Å². The molecule has 0 amide bonds. The van der Waals surface area contributed by atoms with Crippen molar-refractivity contribution in [1.29, 1.82) is 0 Å². The van der Waals surface area contributed by atoms with E-state index in [0.29, 0.717) is 17.9 Å². The van der Waals surface area contributed by atoms with E-state index in [0.717, 1.165) is 37.1 Å². The summed E-state index contributed by atoms with van der Waals surface area (Å²) in [6.45, 7) is 10.6. The zero-order valence-corrected chi connectivity index (χ0v) is 18.6. The first-order valence-corrected chi connectivity index (χ1v) is 10.8. The molecule has 1 N–H and O–H groups in total. The Labute approximate surface area is 178 Å². The molecular weight excluding hydrogens is 376 g/mol. The van der Waals surface area contributed by atoms with Gasteiger partial charge in [0.15, 0.2) is 5.65 Å². The smallest absolute Gasteiger partial charge is 0.322 e. The monoisotopic (exact) mass is 408 g/mol. The lowest BCUT2D eigenvalue weighted by atomic mass is 10.1. The van der Waals surface area contributed by atoms with Gasteiger partial charge in [-0.25, -0.2) is 0 Å². The molecule has 30 heavy (non-hydrogen) atoms. The number of nitrogens with one attached hydrogen (secondary N) is 1. The highest BCUT2D eigenvalue weighted by atomic mass is 16.5. The maximum Gasteiger partial charge on any atom is 0.322 e. The van der Waals surface area contributed by atoms with Crippen LogP contribution in [0.3, 0.4) is 0 Å². The van der Waals surface area contributed by atoms with E-state index in [9.17, 15) is 0 Å². The van der Waals surface area contributed by atoms with Crippen LogP contribution in [0, 0.1) is 6.92 Å². The number of ether oxygens (including phenoxy) is 1. The zero-order chi connectivity index (χ0) is 21.3. The van der Waals surface area contributed by atoms with E-state index >= 15 is 0 Å². The average molecular weight is 409 g/mol. The first-order chi connectivity index (χ1) is 14.4. The third-order valence-corrected chi connectivity index (χ3v) is 5.86. The highest BCUT2D eigenvalue weighted by Crippen LogP contribution is 2.26. The summed E-state index contributed by atoms with van der Waals surface area (Å²) in [4.78, 5) is 11.8. The van der Waals surface area contributed by atoms with E-state index in [1.165, 1.54) is 11.1 Å². The Balaban J connectivity index is 1.65. The molecule has 0 radical (unpaired) electrons. The van der Waals surface area contributed by atoms with Crippen LogP contribution in [-0.4, -0.2) is 50.7 Å². The van der Waals surface area contributed by atoms with Gasteiger partial charge < -0.3 is 15.0 Å². The zero-order valence-electron chi connectivity index (χ0n) is 18.6. The summed E-state index contributed by atoms with van der Waals surface area (Å²) in [6.07, 6.45) is 4.01. The summed E-state index contributed by atoms with van der Waals surface area (Å²) in [5.74, 6) is 0.971. The molecule has 7 nitrogen and oxygen atoms in total. The summed E-state index contributed by atoms with van der Waals surface area (Å²) < 4.78 is 8.02. The van der Waals surface area contributed by atoms with Crippen LogP contribution in [0.4, 0.5) is 5.95 Å². The number of benzene rings is 1. The van der Waals surface area contributed by atoms with Crippen LogP contribution in [0.15, 0.2) is 30.5 Å². The summed E-state index contributed by atoms with van der Waals surface area (Å²) in [6, 6.07) is 9.04. The van der Waals surface area contributed by atoms with Crippen molar-refractivity contribution in [2.24, 2.45) is 0 Å². The van der Waals surface area contributed by atoms with Gasteiger partial charge in [0.1, 0.15) is 6.10 Å². The second-order valence-electron chi connectivity index (χ2n) is 8.72. The Bertz CT molecular complexity index is 989. The number of likely N-dealkylation sites (tertiary alicyclic amines) is 1. The van der Waals surface area contributed by atoms with Crippen molar-refractivity contribution in [3.05, 3.63) is 47.2 Å². The lowest BCUT2D eigenvalue weighted by Gasteiger charge is -2.28. The van der Waals surface area contributed by atoms with Crippen molar-refractivity contribution in [1.82, 2.24) is 24.5 Å². The number of aryl methyl sites for hydroxylation is 1. The molecule has 0 bridgehead atoms. The summed E-state index contributed by atoms with van der Waals surface area (Å²) in [5.41, 5.74) is 4.34. The van der Waals surface area contributed by atoms with E-state index in [-0.39, 0.29) is 12.1 Å². The van der Waals surface area contributed by atoms with Crippen LogP contribution in [0.25, 0.3) is 5.65 Å². The first kappa shape index (κ1) is 20.6. The average Bonchev–Trinajstić information content (AvgIpc) is 3.15. The third-order valence-electron chi connectivity index (χ3n) is 5.86. The van der Waals surface area contributed by atoms with Gasteiger partial charge in [-0.2, -0.15) is 19.6 Å². The Morgan fingerprint density at radius 1 is 1.07 bits per heavy atom. The van der Waals surface area contributed by atoms with E-state index in [2.05, 4.69) is 74.3 Å². The van der Waals surface area contributed by atoms with E-state index in [1.54, 1.807) is 4.52 Å². The summed E-state index contributed by atoms with van der Waals surface area (Å²) >= 11 is 0. The van der Waals surface area contributed by atoms with Gasteiger partial charge in [0.25, 0.3) is 0 Å². The van der Waals surface area contributed by atoms with Crippen LogP contribution in [0.5, 0.6) is 6.01 Å². The van der Waals surface area contributed by atoms with E-state index < -0.39 is 0 Å². The second kappa shape index (κ2) is 8.60. The molecule has 1 atom stereocenters. The number of piperidine rings is 1. The normalized spacial score (nSPS) is 16.9. The number of hydrogen-bond acceptors (Lipinski definition) is 6. The fourth-order valence-electron chi connectivity index (χ4n) is 3.81. The highest BCUT2D eigenvalue weighted by molar-refractivity contribution is 5.53. The fraction of sp³-hybridized carbons (Fsp3) is 0.522. The second-order valence-corrected chi connectivity index (χ2v) is 8.72. The van der Waals surface area contributed by atoms with Crippen LogP contribution in [0.2, 0.25) is 0 Å². The molecule has 160 valence electrons. The number of aromatic nitrogens is 4. The Hall–Kier alpha value is -2.67. The lowest BCUT2D eigenvalue weighted by Crippen LogP contribution is -2.36. The molecule has 3 heterocycles. The Morgan fingerprint density at radius 3 is 2.43 bits per heavy atom. The van der Waals surface area contributed by atoms with Gasteiger partial charge in [0.05, 0.1) is 12.2 Å². The SMILES string of the molecule is Cc1ccc([C@H](C)Nc2nc(OC3CCN(C)CC3)nc3c(C(C)C)cnn23)cc1. The molecule has 1 saturated heterocycles. The minimum absolute atomic E-state index is 0.0755. The number of anilines is 1. The number of rotatable bonds is 6. The maximum absolute atomic E-state index is 6.23. The van der Waals surface area contributed by atoms with Gasteiger partial charge >= 0.3 is 6.01 Å². The Kier molecular flexibility index (Phi) is 5.90. The largest absolute Gasteiger partial charge is 0.460 e. The fourth-order valence-corrected chi connectivity index (χ4v) is 3.81. The number of nitrogens with zero attached hydrogens (tertiary/aromatic N) is 5. The van der Waals surface area contributed by atoms with Crippen molar-refractivity contribution in [3.8, 4) is 6.01 Å². The number of fused-ring (bicyclic) bond motifs is 1. The van der Waals surface area contributed by atoms with Gasteiger partial charge in [0, 0.05) is 18.7 Å². The van der Waals surface area contributed by atoms with E-state index in [4.69, 9.17) is 14.7 Å². The molecule has 1 aliphatic rings. The molecule has 3 aromatic rings. The van der Waals surface area contributed by atoms with E-state index in [1.807, 2.05) is 6.20 Å². The minimum Gasteiger partial charge on any atom is -0.460 e. The standard InChI is InChI=1S/C23H32N6O/c1-15(2)20-14-24-29-21(20)26-23(30-19-10-12-28(5)13-11-19)27-22(29)25-17(4)18-8-6-16(3)7-9-18/h6-9,14-15,17,19H,10-13H2,1-5H3,(H,25,26,27)/t17-/m0/s1.